The van der Waals surface area contributed by atoms with Crippen molar-refractivity contribution in [2.24, 2.45) is 5.41 Å². The molecule has 210 valence electrons. The van der Waals surface area contributed by atoms with E-state index >= 15 is 0 Å². The van der Waals surface area contributed by atoms with Gasteiger partial charge in [0, 0.05) is 46.6 Å². The summed E-state index contributed by atoms with van der Waals surface area (Å²) in [6.45, 7) is 1.51. The number of nitrogens with zero attached hydrogens (tertiary/aromatic N) is 4. The van der Waals surface area contributed by atoms with Crippen LogP contribution in [0, 0.1) is 10.2 Å². The predicted molar refractivity (Wildman–Crippen MR) is 135 cm³/mol. The summed E-state index contributed by atoms with van der Waals surface area (Å²) in [4.78, 5) is 18.2. The Bertz CT molecular complexity index is 1590. The number of aromatic nitrogens is 3. The van der Waals surface area contributed by atoms with E-state index in [1.54, 1.807) is 0 Å². The number of alkyl halides is 5. The van der Waals surface area contributed by atoms with E-state index in [0.29, 0.717) is 5.69 Å². The molecule has 0 saturated heterocycles. The molecule has 1 aromatic carbocycles. The molecular formula is C24H24ClF5N6O2S. The Morgan fingerprint density at radius 3 is 2.49 bits per heavy atom. The van der Waals surface area contributed by atoms with Gasteiger partial charge in [0.05, 0.1) is 23.5 Å². The standard InChI is InChI=1S/C24H24ClF5N6O2S/c1-21(24(28,29)30)12-35(15-11-33-17-10-16(25)34-36(17)19(15)21)14-6-4-13(5-7-14)18-22(2,23(18,26)27)20(37)32-8-9-39(3,31)38/h4-7,10-11,18,31H,8-9,12H2,1-3H3,(H,32,37)/t18-,21-,22+,39?/m1/s1. The van der Waals surface area contributed by atoms with E-state index in [-0.39, 0.29) is 40.0 Å². The Labute approximate surface area is 225 Å². The van der Waals surface area contributed by atoms with Crippen molar-refractivity contribution in [3.05, 3.63) is 52.9 Å². The number of nitrogens with one attached hydrogen (secondary N) is 2. The molecule has 1 aliphatic heterocycles. The van der Waals surface area contributed by atoms with Crippen molar-refractivity contribution < 1.29 is 31.0 Å². The fourth-order valence-corrected chi connectivity index (χ4v) is 5.95. The summed E-state index contributed by atoms with van der Waals surface area (Å²) in [7, 11) is -2.90. The Morgan fingerprint density at radius 2 is 1.90 bits per heavy atom. The van der Waals surface area contributed by atoms with Gasteiger partial charge in [0.1, 0.15) is 10.8 Å². The first-order valence-corrected chi connectivity index (χ1v) is 14.3. The van der Waals surface area contributed by atoms with Crippen LogP contribution in [0.5, 0.6) is 0 Å². The second-order valence-electron chi connectivity index (χ2n) is 10.5. The van der Waals surface area contributed by atoms with E-state index in [2.05, 4.69) is 15.4 Å². The molecule has 0 bridgehead atoms. The van der Waals surface area contributed by atoms with E-state index in [4.69, 9.17) is 16.4 Å². The summed E-state index contributed by atoms with van der Waals surface area (Å²) in [5.74, 6) is -5.93. The van der Waals surface area contributed by atoms with Gasteiger partial charge in [0.15, 0.2) is 10.8 Å². The maximum absolute atomic E-state index is 14.9. The Balaban J connectivity index is 1.45. The van der Waals surface area contributed by atoms with Gasteiger partial charge in [-0.05, 0) is 31.5 Å². The van der Waals surface area contributed by atoms with Gasteiger partial charge in [-0.15, -0.1) is 0 Å². The number of carbonyl (C=O) groups is 1. The topological polar surface area (TPSA) is 103 Å². The highest BCUT2D eigenvalue weighted by molar-refractivity contribution is 7.91. The van der Waals surface area contributed by atoms with Crippen LogP contribution in [0.3, 0.4) is 0 Å². The number of carbonyl (C=O) groups excluding carboxylic acids is 1. The van der Waals surface area contributed by atoms with Gasteiger partial charge >= 0.3 is 6.18 Å². The van der Waals surface area contributed by atoms with Crippen LogP contribution in [0.4, 0.5) is 33.3 Å². The summed E-state index contributed by atoms with van der Waals surface area (Å²) in [5, 5.41) is 6.33. The molecule has 3 heterocycles. The molecule has 5 rings (SSSR count). The van der Waals surface area contributed by atoms with Gasteiger partial charge < -0.3 is 10.2 Å². The zero-order valence-electron chi connectivity index (χ0n) is 20.9. The lowest BCUT2D eigenvalue weighted by atomic mass is 9.87. The Morgan fingerprint density at radius 1 is 1.26 bits per heavy atom. The fraction of sp³-hybridized carbons (Fsp3) is 0.458. The molecule has 0 spiro atoms. The minimum Gasteiger partial charge on any atom is -0.354 e. The van der Waals surface area contributed by atoms with Gasteiger partial charge in [0.2, 0.25) is 5.91 Å². The quantitative estimate of drug-likeness (QED) is 0.398. The molecule has 8 nitrogen and oxygen atoms in total. The van der Waals surface area contributed by atoms with Gasteiger partial charge in [-0.25, -0.2) is 18.3 Å². The summed E-state index contributed by atoms with van der Waals surface area (Å²) in [6, 6.07) is 6.96. The van der Waals surface area contributed by atoms with Crippen molar-refractivity contribution >= 4 is 44.3 Å². The van der Waals surface area contributed by atoms with Crippen LogP contribution in [0.2, 0.25) is 5.15 Å². The summed E-state index contributed by atoms with van der Waals surface area (Å²) >= 11 is 5.94. The largest absolute Gasteiger partial charge is 0.401 e. The molecule has 2 N–H and O–H groups in total. The molecule has 1 amide bonds. The first kappa shape index (κ1) is 27.6. The monoisotopic (exact) mass is 590 g/mol. The number of amides is 1. The van der Waals surface area contributed by atoms with E-state index < -0.39 is 51.0 Å². The van der Waals surface area contributed by atoms with Crippen LogP contribution in [-0.4, -0.2) is 61.9 Å². The SMILES string of the molecule is C[C@@]1(C(F)(F)F)CN(c2ccc([C@H]3C(F)(F)[C@]3(C)C(=O)NCCS(C)(=N)=O)cc2)c2cnc3cc(Cl)nn3c21. The lowest BCUT2D eigenvalue weighted by molar-refractivity contribution is -0.181. The highest BCUT2D eigenvalue weighted by Crippen LogP contribution is 2.71. The zero-order valence-corrected chi connectivity index (χ0v) is 22.5. The molecule has 1 unspecified atom stereocenters. The molecule has 1 aliphatic carbocycles. The number of hydrogen-bond acceptors (Lipinski definition) is 6. The molecule has 2 aliphatic rings. The second kappa shape index (κ2) is 8.50. The van der Waals surface area contributed by atoms with Gasteiger partial charge in [0.25, 0.3) is 5.92 Å². The molecule has 3 aromatic rings. The van der Waals surface area contributed by atoms with Crippen molar-refractivity contribution in [3.63, 3.8) is 0 Å². The maximum Gasteiger partial charge on any atom is 0.401 e. The number of benzene rings is 1. The van der Waals surface area contributed by atoms with Crippen LogP contribution < -0.4 is 10.2 Å². The first-order chi connectivity index (χ1) is 17.9. The smallest absolute Gasteiger partial charge is 0.354 e. The van der Waals surface area contributed by atoms with Crippen molar-refractivity contribution in [1.82, 2.24) is 19.9 Å². The molecule has 1 saturated carbocycles. The average molecular weight is 591 g/mol. The Kier molecular flexibility index (Phi) is 6.01. The predicted octanol–water partition coefficient (Wildman–Crippen LogP) is 4.89. The minimum atomic E-state index is -4.65. The molecule has 1 fully saturated rings. The van der Waals surface area contributed by atoms with E-state index in [1.807, 2.05) is 0 Å². The molecule has 39 heavy (non-hydrogen) atoms. The van der Waals surface area contributed by atoms with Crippen LogP contribution in [0.25, 0.3) is 5.65 Å². The molecule has 15 heteroatoms. The average Bonchev–Trinajstić information content (AvgIpc) is 3.10. The number of rotatable bonds is 6. The van der Waals surface area contributed by atoms with Crippen LogP contribution in [0.15, 0.2) is 36.5 Å². The van der Waals surface area contributed by atoms with Crippen LogP contribution >= 0.6 is 11.6 Å². The van der Waals surface area contributed by atoms with Crippen molar-refractivity contribution in [2.45, 2.75) is 37.3 Å². The first-order valence-electron chi connectivity index (χ1n) is 11.8. The second-order valence-corrected chi connectivity index (χ2v) is 13.3. The third kappa shape index (κ3) is 4.14. The normalized spacial score (nSPS) is 27.3. The van der Waals surface area contributed by atoms with Crippen LogP contribution in [-0.2, 0) is 19.9 Å². The number of halogens is 6. The zero-order chi connectivity index (χ0) is 28.8. The van der Waals surface area contributed by atoms with Crippen molar-refractivity contribution in [1.29, 1.82) is 4.78 Å². The van der Waals surface area contributed by atoms with Gasteiger partial charge in [-0.2, -0.15) is 18.3 Å². The third-order valence-electron chi connectivity index (χ3n) is 7.68. The number of fused-ring (bicyclic) bond motifs is 3. The molecule has 0 radical (unpaired) electrons. The van der Waals surface area contributed by atoms with E-state index in [1.165, 1.54) is 47.7 Å². The van der Waals surface area contributed by atoms with Gasteiger partial charge in [-0.3, -0.25) is 13.8 Å². The minimum absolute atomic E-state index is 0.0105. The Hall–Kier alpha value is -3.00. The fourth-order valence-electron chi connectivity index (χ4n) is 5.29. The lowest BCUT2D eigenvalue weighted by Crippen LogP contribution is -2.43. The summed E-state index contributed by atoms with van der Waals surface area (Å²) in [6.07, 6.45) is -2.16. The summed E-state index contributed by atoms with van der Waals surface area (Å²) in [5.41, 5.74) is -3.77. The molecule has 4 atom stereocenters. The molecular weight excluding hydrogens is 567 g/mol. The van der Waals surface area contributed by atoms with Gasteiger partial charge in [-0.1, -0.05) is 23.7 Å². The summed E-state index contributed by atoms with van der Waals surface area (Å²) < 4.78 is 92.9. The van der Waals surface area contributed by atoms with Crippen molar-refractivity contribution in [3.8, 4) is 0 Å². The lowest BCUT2D eigenvalue weighted by Gasteiger charge is -2.28. The molecule has 2 aromatic heterocycles. The van der Waals surface area contributed by atoms with Crippen LogP contribution in [0.1, 0.15) is 31.0 Å². The van der Waals surface area contributed by atoms with E-state index in [9.17, 15) is 31.0 Å². The van der Waals surface area contributed by atoms with Crippen molar-refractivity contribution in [2.75, 3.05) is 30.0 Å². The highest BCUT2D eigenvalue weighted by atomic mass is 35.5. The van der Waals surface area contributed by atoms with E-state index in [0.717, 1.165) is 18.4 Å². The maximum atomic E-state index is 14.9. The third-order valence-corrected chi connectivity index (χ3v) is 8.85. The number of anilines is 2. The highest BCUT2D eigenvalue weighted by Gasteiger charge is 2.82. The number of hydrogen-bond donors (Lipinski definition) is 2.